The zero-order valence-corrected chi connectivity index (χ0v) is 13.6. The third kappa shape index (κ3) is 4.71. The number of carbonyl (C=O) groups excluding carboxylic acids is 2. The van der Waals surface area contributed by atoms with Gasteiger partial charge in [-0.3, -0.25) is 9.59 Å². The summed E-state index contributed by atoms with van der Waals surface area (Å²) in [5, 5.41) is 3.34. The van der Waals surface area contributed by atoms with Crippen LogP contribution in [-0.2, 0) is 9.53 Å². The summed E-state index contributed by atoms with van der Waals surface area (Å²) in [7, 11) is 0. The topological polar surface area (TPSA) is 58.6 Å². The van der Waals surface area contributed by atoms with Gasteiger partial charge in [0, 0.05) is 36.6 Å². The van der Waals surface area contributed by atoms with Crippen molar-refractivity contribution in [2.24, 2.45) is 0 Å². The number of amides is 2. The third-order valence-corrected chi connectivity index (χ3v) is 3.76. The summed E-state index contributed by atoms with van der Waals surface area (Å²) in [4.78, 5) is 25.9. The van der Waals surface area contributed by atoms with Crippen LogP contribution in [0.15, 0.2) is 24.3 Å². The van der Waals surface area contributed by atoms with Crippen LogP contribution in [0, 0.1) is 0 Å². The molecule has 0 saturated carbocycles. The van der Waals surface area contributed by atoms with Crippen molar-refractivity contribution in [1.82, 2.24) is 10.2 Å². The first kappa shape index (κ1) is 16.8. The highest BCUT2D eigenvalue weighted by atomic mass is 35.5. The standard InChI is InChI=1S/C16H21ClN2O3/c1-11-9-19(10-12(2)22-11)15(20)7-8-18-16(21)13-3-5-14(17)6-4-13/h3-6,11-12H,7-10H2,1-2H3,(H,18,21)/t11-,12-/m1/s1. The van der Waals surface area contributed by atoms with E-state index in [-0.39, 0.29) is 24.0 Å². The molecule has 2 amide bonds. The smallest absolute Gasteiger partial charge is 0.251 e. The summed E-state index contributed by atoms with van der Waals surface area (Å²) in [5.41, 5.74) is 0.533. The second-order valence-corrected chi connectivity index (χ2v) is 6.01. The lowest BCUT2D eigenvalue weighted by molar-refractivity contribution is -0.143. The minimum Gasteiger partial charge on any atom is -0.372 e. The summed E-state index contributed by atoms with van der Waals surface area (Å²) < 4.78 is 5.60. The molecule has 1 aliphatic rings. The molecule has 1 heterocycles. The van der Waals surface area contributed by atoms with E-state index in [1.807, 2.05) is 13.8 Å². The Morgan fingerprint density at radius 2 is 1.82 bits per heavy atom. The average molecular weight is 325 g/mol. The van der Waals surface area contributed by atoms with Crippen LogP contribution in [0.25, 0.3) is 0 Å². The van der Waals surface area contributed by atoms with E-state index in [4.69, 9.17) is 16.3 Å². The fourth-order valence-electron chi connectivity index (χ4n) is 2.53. The van der Waals surface area contributed by atoms with Gasteiger partial charge in [-0.25, -0.2) is 0 Å². The zero-order chi connectivity index (χ0) is 16.1. The van der Waals surface area contributed by atoms with Crippen molar-refractivity contribution in [1.29, 1.82) is 0 Å². The quantitative estimate of drug-likeness (QED) is 0.922. The summed E-state index contributed by atoms with van der Waals surface area (Å²) >= 11 is 5.78. The number of morpholine rings is 1. The first-order valence-corrected chi connectivity index (χ1v) is 7.80. The summed E-state index contributed by atoms with van der Waals surface area (Å²) in [6, 6.07) is 6.64. The van der Waals surface area contributed by atoms with Crippen LogP contribution in [0.1, 0.15) is 30.6 Å². The van der Waals surface area contributed by atoms with Crippen molar-refractivity contribution < 1.29 is 14.3 Å². The molecule has 2 atom stereocenters. The Morgan fingerprint density at radius 1 is 1.23 bits per heavy atom. The second kappa shape index (κ2) is 7.61. The molecule has 0 unspecified atom stereocenters. The maximum absolute atomic E-state index is 12.2. The summed E-state index contributed by atoms with van der Waals surface area (Å²) in [6.07, 6.45) is 0.395. The van der Waals surface area contributed by atoms with Gasteiger partial charge in [0.15, 0.2) is 0 Å². The predicted molar refractivity (Wildman–Crippen MR) is 85.0 cm³/mol. The molecule has 0 bridgehead atoms. The lowest BCUT2D eigenvalue weighted by Gasteiger charge is -2.35. The van der Waals surface area contributed by atoms with Gasteiger partial charge >= 0.3 is 0 Å². The number of halogens is 1. The highest BCUT2D eigenvalue weighted by Gasteiger charge is 2.25. The normalized spacial score (nSPS) is 21.5. The fourth-order valence-corrected chi connectivity index (χ4v) is 2.65. The number of benzene rings is 1. The van der Waals surface area contributed by atoms with Gasteiger partial charge in [-0.05, 0) is 38.1 Å². The van der Waals surface area contributed by atoms with Crippen molar-refractivity contribution in [2.75, 3.05) is 19.6 Å². The predicted octanol–water partition coefficient (Wildman–Crippen LogP) is 2.10. The molecule has 1 aromatic rings. The summed E-state index contributed by atoms with van der Waals surface area (Å²) in [5.74, 6) is -0.161. The molecule has 6 heteroatoms. The molecule has 1 fully saturated rings. The van der Waals surface area contributed by atoms with E-state index >= 15 is 0 Å². The van der Waals surface area contributed by atoms with Crippen molar-refractivity contribution in [2.45, 2.75) is 32.5 Å². The van der Waals surface area contributed by atoms with E-state index in [9.17, 15) is 9.59 Å². The zero-order valence-electron chi connectivity index (χ0n) is 12.8. The van der Waals surface area contributed by atoms with Crippen LogP contribution in [0.5, 0.6) is 0 Å². The fraction of sp³-hybridized carbons (Fsp3) is 0.500. The lowest BCUT2D eigenvalue weighted by atomic mass is 10.2. The van der Waals surface area contributed by atoms with Gasteiger partial charge in [-0.1, -0.05) is 11.6 Å². The Balaban J connectivity index is 1.77. The molecular weight excluding hydrogens is 304 g/mol. The Bertz CT molecular complexity index is 523. The molecule has 1 aromatic carbocycles. The van der Waals surface area contributed by atoms with Gasteiger partial charge in [0.25, 0.3) is 5.91 Å². The minimum atomic E-state index is -0.201. The Hall–Kier alpha value is -1.59. The van der Waals surface area contributed by atoms with Crippen LogP contribution in [0.3, 0.4) is 0 Å². The summed E-state index contributed by atoms with van der Waals surface area (Å²) in [6.45, 7) is 5.44. The van der Waals surface area contributed by atoms with Crippen LogP contribution < -0.4 is 5.32 Å². The van der Waals surface area contributed by atoms with E-state index < -0.39 is 0 Å². The first-order valence-electron chi connectivity index (χ1n) is 7.42. The molecule has 1 N–H and O–H groups in total. The SMILES string of the molecule is C[C@@H]1CN(C(=O)CCNC(=O)c2ccc(Cl)cc2)C[C@@H](C)O1. The average Bonchev–Trinajstić information content (AvgIpc) is 2.46. The van der Waals surface area contributed by atoms with Gasteiger partial charge < -0.3 is 15.0 Å². The van der Waals surface area contributed by atoms with Crippen LogP contribution in [-0.4, -0.2) is 48.6 Å². The number of ether oxygens (including phenoxy) is 1. The molecular formula is C16H21ClN2O3. The molecule has 0 aliphatic carbocycles. The molecule has 0 radical (unpaired) electrons. The molecule has 0 spiro atoms. The van der Waals surface area contributed by atoms with Crippen LogP contribution in [0.2, 0.25) is 5.02 Å². The Morgan fingerprint density at radius 3 is 2.41 bits per heavy atom. The van der Waals surface area contributed by atoms with Crippen molar-refractivity contribution in [3.63, 3.8) is 0 Å². The molecule has 5 nitrogen and oxygen atoms in total. The lowest BCUT2D eigenvalue weighted by Crippen LogP contribution is -2.48. The van der Waals surface area contributed by atoms with Crippen LogP contribution >= 0.6 is 11.6 Å². The van der Waals surface area contributed by atoms with E-state index in [1.54, 1.807) is 29.2 Å². The number of nitrogens with zero attached hydrogens (tertiary/aromatic N) is 1. The molecule has 22 heavy (non-hydrogen) atoms. The van der Waals surface area contributed by atoms with E-state index in [0.29, 0.717) is 36.6 Å². The van der Waals surface area contributed by atoms with E-state index in [0.717, 1.165) is 0 Å². The Kier molecular flexibility index (Phi) is 5.80. The van der Waals surface area contributed by atoms with Gasteiger partial charge in [0.05, 0.1) is 12.2 Å². The van der Waals surface area contributed by atoms with Gasteiger partial charge in [-0.15, -0.1) is 0 Å². The number of rotatable bonds is 4. The van der Waals surface area contributed by atoms with Gasteiger partial charge in [-0.2, -0.15) is 0 Å². The van der Waals surface area contributed by atoms with Crippen molar-refractivity contribution >= 4 is 23.4 Å². The van der Waals surface area contributed by atoms with Gasteiger partial charge in [0.1, 0.15) is 0 Å². The molecule has 2 rings (SSSR count). The highest BCUT2D eigenvalue weighted by Crippen LogP contribution is 2.12. The molecule has 1 aliphatic heterocycles. The Labute approximate surface area is 135 Å². The largest absolute Gasteiger partial charge is 0.372 e. The molecule has 0 aromatic heterocycles. The molecule has 120 valence electrons. The number of carbonyl (C=O) groups is 2. The molecule has 1 saturated heterocycles. The van der Waals surface area contributed by atoms with E-state index in [1.165, 1.54) is 0 Å². The third-order valence-electron chi connectivity index (χ3n) is 3.50. The second-order valence-electron chi connectivity index (χ2n) is 5.57. The number of hydrogen-bond acceptors (Lipinski definition) is 3. The van der Waals surface area contributed by atoms with Gasteiger partial charge in [0.2, 0.25) is 5.91 Å². The number of nitrogens with one attached hydrogen (secondary N) is 1. The van der Waals surface area contributed by atoms with Crippen LogP contribution in [0.4, 0.5) is 0 Å². The maximum Gasteiger partial charge on any atom is 0.251 e. The van der Waals surface area contributed by atoms with Crippen molar-refractivity contribution in [3.8, 4) is 0 Å². The van der Waals surface area contributed by atoms with E-state index in [2.05, 4.69) is 5.32 Å². The maximum atomic E-state index is 12.2. The number of hydrogen-bond donors (Lipinski definition) is 1. The first-order chi connectivity index (χ1) is 10.5. The van der Waals surface area contributed by atoms with Crippen molar-refractivity contribution in [3.05, 3.63) is 34.9 Å². The monoisotopic (exact) mass is 324 g/mol. The minimum absolute atomic E-state index is 0.0402. The highest BCUT2D eigenvalue weighted by molar-refractivity contribution is 6.30.